The molecule has 0 aromatic carbocycles. The zero-order valence-electron chi connectivity index (χ0n) is 12.2. The zero-order chi connectivity index (χ0) is 14.1. The lowest BCUT2D eigenvalue weighted by atomic mass is 9.82. The van der Waals surface area contributed by atoms with Gasteiger partial charge in [-0.2, -0.15) is 0 Å². The van der Waals surface area contributed by atoms with Crippen molar-refractivity contribution in [3.63, 3.8) is 0 Å². The molecule has 0 spiro atoms. The van der Waals surface area contributed by atoms with Crippen molar-refractivity contribution in [3.8, 4) is 0 Å². The summed E-state index contributed by atoms with van der Waals surface area (Å²) in [5.41, 5.74) is 0. The Bertz CT molecular complexity index is 377. The van der Waals surface area contributed by atoms with E-state index in [0.29, 0.717) is 44.9 Å². The number of Topliss-reactive ketones (excluding diaryl/α,β-unsaturated/α-hetero) is 1. The molecule has 0 aliphatic carbocycles. The number of ketones is 1. The van der Waals surface area contributed by atoms with Gasteiger partial charge in [-0.05, 0) is 19.8 Å². The lowest BCUT2D eigenvalue weighted by Crippen LogP contribution is -2.60. The van der Waals surface area contributed by atoms with Crippen LogP contribution in [0.5, 0.6) is 0 Å². The second-order valence-corrected chi connectivity index (χ2v) is 6.25. The standard InChI is InChI=1S/C15H24N2O3/c1-11(15(19)16-5-7-20-8-6-16)17-12-3-2-4-13(17)10-14(18)9-12/h11-13H,2-10H2,1H3. The Morgan fingerprint density at radius 3 is 2.40 bits per heavy atom. The van der Waals surface area contributed by atoms with Crippen molar-refractivity contribution in [1.82, 2.24) is 9.80 Å². The van der Waals surface area contributed by atoms with Crippen molar-refractivity contribution in [2.24, 2.45) is 0 Å². The van der Waals surface area contributed by atoms with E-state index in [0.717, 1.165) is 12.8 Å². The maximum absolute atomic E-state index is 12.7. The molecule has 112 valence electrons. The van der Waals surface area contributed by atoms with E-state index < -0.39 is 0 Å². The van der Waals surface area contributed by atoms with Gasteiger partial charge in [0.1, 0.15) is 5.78 Å². The molecule has 2 bridgehead atoms. The number of rotatable bonds is 2. The quantitative estimate of drug-likeness (QED) is 0.751. The van der Waals surface area contributed by atoms with Crippen LogP contribution < -0.4 is 0 Å². The second-order valence-electron chi connectivity index (χ2n) is 6.25. The highest BCUT2D eigenvalue weighted by Gasteiger charge is 2.42. The number of carbonyl (C=O) groups excluding carboxylic acids is 2. The molecule has 3 fully saturated rings. The Hall–Kier alpha value is -0.940. The molecule has 20 heavy (non-hydrogen) atoms. The largest absolute Gasteiger partial charge is 0.378 e. The minimum atomic E-state index is -0.100. The molecular formula is C15H24N2O3. The lowest BCUT2D eigenvalue weighted by molar-refractivity contribution is -0.147. The fourth-order valence-corrected chi connectivity index (χ4v) is 4.02. The van der Waals surface area contributed by atoms with Crippen LogP contribution >= 0.6 is 0 Å². The van der Waals surface area contributed by atoms with Crippen molar-refractivity contribution < 1.29 is 14.3 Å². The Kier molecular flexibility index (Phi) is 4.08. The molecule has 3 atom stereocenters. The average molecular weight is 280 g/mol. The van der Waals surface area contributed by atoms with Gasteiger partial charge >= 0.3 is 0 Å². The van der Waals surface area contributed by atoms with Crippen LogP contribution in [-0.4, -0.2) is 65.9 Å². The molecule has 3 saturated heterocycles. The summed E-state index contributed by atoms with van der Waals surface area (Å²) in [5.74, 6) is 0.585. The van der Waals surface area contributed by atoms with Crippen LogP contribution in [0.15, 0.2) is 0 Å². The Labute approximate surface area is 120 Å². The van der Waals surface area contributed by atoms with Crippen LogP contribution in [0.4, 0.5) is 0 Å². The molecule has 0 aromatic heterocycles. The van der Waals surface area contributed by atoms with Crippen LogP contribution in [0.1, 0.15) is 39.0 Å². The molecule has 3 rings (SSSR count). The van der Waals surface area contributed by atoms with Gasteiger partial charge < -0.3 is 9.64 Å². The van der Waals surface area contributed by atoms with Gasteiger partial charge in [0.25, 0.3) is 0 Å². The first-order valence-electron chi connectivity index (χ1n) is 7.82. The molecule has 3 aliphatic heterocycles. The first-order valence-corrected chi connectivity index (χ1v) is 7.82. The maximum atomic E-state index is 12.7. The van der Waals surface area contributed by atoms with Gasteiger partial charge in [0.2, 0.25) is 5.91 Å². The molecule has 3 heterocycles. The van der Waals surface area contributed by atoms with Gasteiger partial charge in [-0.3, -0.25) is 14.5 Å². The molecular weight excluding hydrogens is 256 g/mol. The summed E-state index contributed by atoms with van der Waals surface area (Å²) < 4.78 is 5.31. The maximum Gasteiger partial charge on any atom is 0.239 e. The van der Waals surface area contributed by atoms with Gasteiger partial charge in [0.15, 0.2) is 0 Å². The van der Waals surface area contributed by atoms with Crippen molar-refractivity contribution in [2.45, 2.75) is 57.2 Å². The van der Waals surface area contributed by atoms with Crippen LogP contribution in [0.3, 0.4) is 0 Å². The van der Waals surface area contributed by atoms with Gasteiger partial charge in [-0.1, -0.05) is 6.42 Å². The third-order valence-electron chi connectivity index (χ3n) is 4.97. The van der Waals surface area contributed by atoms with Crippen molar-refractivity contribution >= 4 is 11.7 Å². The molecule has 1 amide bonds. The van der Waals surface area contributed by atoms with E-state index in [2.05, 4.69) is 4.90 Å². The third-order valence-corrected chi connectivity index (χ3v) is 4.97. The van der Waals surface area contributed by atoms with Gasteiger partial charge in [-0.25, -0.2) is 0 Å². The van der Waals surface area contributed by atoms with Gasteiger partial charge in [0, 0.05) is 38.0 Å². The molecule has 0 aromatic rings. The number of carbonyl (C=O) groups is 2. The minimum absolute atomic E-state index is 0.100. The zero-order valence-corrected chi connectivity index (χ0v) is 12.2. The van der Waals surface area contributed by atoms with E-state index in [4.69, 9.17) is 4.74 Å². The van der Waals surface area contributed by atoms with Crippen molar-refractivity contribution in [3.05, 3.63) is 0 Å². The highest BCUT2D eigenvalue weighted by molar-refractivity contribution is 5.84. The van der Waals surface area contributed by atoms with Crippen LogP contribution in [0.2, 0.25) is 0 Å². The first kappa shape index (κ1) is 14.0. The van der Waals surface area contributed by atoms with E-state index in [-0.39, 0.29) is 24.0 Å². The summed E-state index contributed by atoms with van der Waals surface area (Å²) in [4.78, 5) is 28.7. The molecule has 3 aliphatic rings. The predicted molar refractivity (Wildman–Crippen MR) is 74.4 cm³/mol. The minimum Gasteiger partial charge on any atom is -0.378 e. The number of amides is 1. The highest BCUT2D eigenvalue weighted by atomic mass is 16.5. The van der Waals surface area contributed by atoms with Gasteiger partial charge in [-0.15, -0.1) is 0 Å². The molecule has 0 N–H and O–H groups in total. The number of morpholine rings is 1. The summed E-state index contributed by atoms with van der Waals surface area (Å²) in [7, 11) is 0. The SMILES string of the molecule is CC(C(=O)N1CCOCC1)N1C2CCCC1CC(=O)C2. The summed E-state index contributed by atoms with van der Waals surface area (Å²) in [6.45, 7) is 4.70. The smallest absolute Gasteiger partial charge is 0.239 e. The highest BCUT2D eigenvalue weighted by Crippen LogP contribution is 2.34. The van der Waals surface area contributed by atoms with Crippen LogP contribution in [-0.2, 0) is 14.3 Å². The monoisotopic (exact) mass is 280 g/mol. The fraction of sp³-hybridized carbons (Fsp3) is 0.867. The van der Waals surface area contributed by atoms with Crippen molar-refractivity contribution in [2.75, 3.05) is 26.3 Å². The summed E-state index contributed by atoms with van der Waals surface area (Å²) in [6, 6.07) is 0.474. The lowest BCUT2D eigenvalue weighted by Gasteiger charge is -2.48. The van der Waals surface area contributed by atoms with Gasteiger partial charge in [0.05, 0.1) is 19.3 Å². The number of hydrogen-bond acceptors (Lipinski definition) is 4. The Morgan fingerprint density at radius 2 is 1.80 bits per heavy atom. The average Bonchev–Trinajstić information content (AvgIpc) is 2.46. The fourth-order valence-electron chi connectivity index (χ4n) is 4.02. The number of nitrogens with zero attached hydrogens (tertiary/aromatic N) is 2. The molecule has 0 radical (unpaired) electrons. The number of ether oxygens (including phenoxy) is 1. The topological polar surface area (TPSA) is 49.9 Å². The second kappa shape index (κ2) is 5.82. The van der Waals surface area contributed by atoms with Crippen molar-refractivity contribution in [1.29, 1.82) is 0 Å². The molecule has 3 unspecified atom stereocenters. The van der Waals surface area contributed by atoms with E-state index in [1.54, 1.807) is 0 Å². The number of piperidine rings is 2. The molecule has 5 nitrogen and oxygen atoms in total. The summed E-state index contributed by atoms with van der Waals surface area (Å²) in [6.07, 6.45) is 4.58. The summed E-state index contributed by atoms with van der Waals surface area (Å²) in [5, 5.41) is 0. The number of hydrogen-bond donors (Lipinski definition) is 0. The van der Waals surface area contributed by atoms with Crippen LogP contribution in [0.25, 0.3) is 0 Å². The third kappa shape index (κ3) is 2.61. The van der Waals surface area contributed by atoms with E-state index in [1.165, 1.54) is 6.42 Å². The molecule has 5 heteroatoms. The van der Waals surface area contributed by atoms with E-state index in [1.807, 2.05) is 11.8 Å². The summed E-state index contributed by atoms with van der Waals surface area (Å²) >= 11 is 0. The van der Waals surface area contributed by atoms with E-state index >= 15 is 0 Å². The van der Waals surface area contributed by atoms with Crippen LogP contribution in [0, 0.1) is 0 Å². The Morgan fingerprint density at radius 1 is 1.20 bits per heavy atom. The first-order chi connectivity index (χ1) is 9.66. The Balaban J connectivity index is 1.70. The predicted octanol–water partition coefficient (Wildman–Crippen LogP) is 0.820. The molecule has 0 saturated carbocycles. The normalized spacial score (nSPS) is 33.0. The number of fused-ring (bicyclic) bond motifs is 2. The van der Waals surface area contributed by atoms with E-state index in [9.17, 15) is 9.59 Å².